The van der Waals surface area contributed by atoms with Gasteiger partial charge in [0.1, 0.15) is 5.75 Å². The number of hydrogen-bond donors (Lipinski definition) is 2. The van der Waals surface area contributed by atoms with E-state index in [0.29, 0.717) is 6.04 Å². The number of rotatable bonds is 5. The van der Waals surface area contributed by atoms with Crippen LogP contribution in [0.2, 0.25) is 0 Å². The zero-order valence-corrected chi connectivity index (χ0v) is 14.0. The van der Waals surface area contributed by atoms with Crippen molar-refractivity contribution in [2.24, 2.45) is 0 Å². The number of nitrogens with one attached hydrogen (secondary N) is 2. The molecule has 1 saturated carbocycles. The van der Waals surface area contributed by atoms with Gasteiger partial charge in [0, 0.05) is 17.6 Å². The van der Waals surface area contributed by atoms with Gasteiger partial charge in [0.2, 0.25) is 0 Å². The van der Waals surface area contributed by atoms with E-state index in [-0.39, 0.29) is 11.7 Å². The lowest BCUT2D eigenvalue weighted by molar-refractivity contribution is 0.139. The van der Waals surface area contributed by atoms with E-state index in [2.05, 4.69) is 17.2 Å². The van der Waals surface area contributed by atoms with Gasteiger partial charge in [-0.1, -0.05) is 6.92 Å². The van der Waals surface area contributed by atoms with Crippen LogP contribution in [0.1, 0.15) is 44.6 Å². The van der Waals surface area contributed by atoms with Gasteiger partial charge in [0.15, 0.2) is 0 Å². The van der Waals surface area contributed by atoms with Gasteiger partial charge in [0.25, 0.3) is 5.56 Å². The Hall–Kier alpha value is -1.81. The minimum absolute atomic E-state index is 0.0420. The van der Waals surface area contributed by atoms with Crippen LogP contribution in [0, 0.1) is 6.92 Å². The standard InChI is InChI=1S/C19H26N2O2/c1-3-9-20-15-4-6-16(7-5-15)23-18-12-14-8-10-21-19(22)17(14)11-13(18)2/h8,10-12,15-16,20H,3-7,9H2,1-2H3,(H,21,22)/t15-,16+. The molecule has 1 aromatic heterocycles. The van der Waals surface area contributed by atoms with Gasteiger partial charge in [-0.3, -0.25) is 4.79 Å². The molecule has 0 bridgehead atoms. The lowest BCUT2D eigenvalue weighted by atomic mass is 9.92. The fourth-order valence-corrected chi connectivity index (χ4v) is 3.36. The summed E-state index contributed by atoms with van der Waals surface area (Å²) in [4.78, 5) is 14.6. The quantitative estimate of drug-likeness (QED) is 0.888. The van der Waals surface area contributed by atoms with Crippen molar-refractivity contribution >= 4 is 10.8 Å². The minimum Gasteiger partial charge on any atom is -0.490 e. The number of hydrogen-bond acceptors (Lipinski definition) is 3. The molecule has 124 valence electrons. The third-order valence-electron chi connectivity index (χ3n) is 4.72. The Bertz CT molecular complexity index is 715. The van der Waals surface area contributed by atoms with E-state index in [1.165, 1.54) is 19.3 Å². The molecule has 1 aromatic carbocycles. The van der Waals surface area contributed by atoms with Crippen LogP contribution in [0.3, 0.4) is 0 Å². The average Bonchev–Trinajstić information content (AvgIpc) is 2.56. The topological polar surface area (TPSA) is 54.1 Å². The van der Waals surface area contributed by atoms with Crippen molar-refractivity contribution in [3.8, 4) is 5.75 Å². The first kappa shape index (κ1) is 16.1. The molecular formula is C19H26N2O2. The highest BCUT2D eigenvalue weighted by Crippen LogP contribution is 2.28. The highest BCUT2D eigenvalue weighted by molar-refractivity contribution is 5.83. The summed E-state index contributed by atoms with van der Waals surface area (Å²) in [7, 11) is 0. The number of benzene rings is 1. The zero-order valence-electron chi connectivity index (χ0n) is 14.0. The van der Waals surface area contributed by atoms with Crippen molar-refractivity contribution in [2.75, 3.05) is 6.54 Å². The maximum atomic E-state index is 11.9. The van der Waals surface area contributed by atoms with E-state index in [4.69, 9.17) is 4.74 Å². The Morgan fingerprint density at radius 1 is 1.26 bits per heavy atom. The summed E-state index contributed by atoms with van der Waals surface area (Å²) in [6.07, 6.45) is 7.70. The third kappa shape index (κ3) is 3.75. The lowest BCUT2D eigenvalue weighted by Gasteiger charge is -2.30. The molecule has 23 heavy (non-hydrogen) atoms. The first-order valence-electron chi connectivity index (χ1n) is 8.69. The van der Waals surface area contributed by atoms with Gasteiger partial charge < -0.3 is 15.0 Å². The van der Waals surface area contributed by atoms with Crippen LogP contribution in [0.5, 0.6) is 5.75 Å². The predicted molar refractivity (Wildman–Crippen MR) is 94.3 cm³/mol. The Labute approximate surface area is 137 Å². The van der Waals surface area contributed by atoms with Gasteiger partial charge in [-0.25, -0.2) is 0 Å². The molecule has 0 saturated heterocycles. The fourth-order valence-electron chi connectivity index (χ4n) is 3.36. The van der Waals surface area contributed by atoms with E-state index in [9.17, 15) is 4.79 Å². The Morgan fingerprint density at radius 3 is 2.78 bits per heavy atom. The van der Waals surface area contributed by atoms with E-state index >= 15 is 0 Å². The van der Waals surface area contributed by atoms with Gasteiger partial charge in [0.05, 0.1) is 6.10 Å². The molecular weight excluding hydrogens is 288 g/mol. The van der Waals surface area contributed by atoms with Crippen LogP contribution in [-0.2, 0) is 0 Å². The number of aromatic amines is 1. The molecule has 3 rings (SSSR count). The zero-order chi connectivity index (χ0) is 16.2. The molecule has 0 unspecified atom stereocenters. The maximum Gasteiger partial charge on any atom is 0.255 e. The van der Waals surface area contributed by atoms with Crippen LogP contribution >= 0.6 is 0 Å². The number of ether oxygens (including phenoxy) is 1. The van der Waals surface area contributed by atoms with Gasteiger partial charge in [-0.05, 0) is 74.7 Å². The Kier molecular flexibility index (Phi) is 5.01. The molecule has 0 radical (unpaired) electrons. The van der Waals surface area contributed by atoms with E-state index in [1.807, 2.05) is 25.1 Å². The van der Waals surface area contributed by atoms with Gasteiger partial charge in [-0.15, -0.1) is 0 Å². The second-order valence-electron chi connectivity index (χ2n) is 6.56. The molecule has 1 aliphatic carbocycles. The summed E-state index contributed by atoms with van der Waals surface area (Å²) in [5.74, 6) is 0.910. The summed E-state index contributed by atoms with van der Waals surface area (Å²) in [6.45, 7) is 5.32. The van der Waals surface area contributed by atoms with Crippen molar-refractivity contribution in [3.63, 3.8) is 0 Å². The Balaban J connectivity index is 1.68. The first-order valence-corrected chi connectivity index (χ1v) is 8.69. The normalized spacial score (nSPS) is 21.5. The second kappa shape index (κ2) is 7.18. The SMILES string of the molecule is CCCN[C@H]1CC[C@@H](Oc2cc3cc[nH]c(=O)c3cc2C)CC1. The summed E-state index contributed by atoms with van der Waals surface area (Å²) < 4.78 is 6.25. The number of H-pyrrole nitrogens is 1. The summed E-state index contributed by atoms with van der Waals surface area (Å²) in [6, 6.07) is 6.50. The van der Waals surface area contributed by atoms with Crippen molar-refractivity contribution in [1.82, 2.24) is 10.3 Å². The highest BCUT2D eigenvalue weighted by Gasteiger charge is 2.22. The van der Waals surface area contributed by atoms with Crippen LogP contribution in [-0.4, -0.2) is 23.7 Å². The monoisotopic (exact) mass is 314 g/mol. The van der Waals surface area contributed by atoms with Crippen LogP contribution < -0.4 is 15.6 Å². The first-order chi connectivity index (χ1) is 11.2. The van der Waals surface area contributed by atoms with E-state index in [1.54, 1.807) is 6.20 Å². The summed E-state index contributed by atoms with van der Waals surface area (Å²) in [5, 5.41) is 5.27. The minimum atomic E-state index is -0.0420. The van der Waals surface area contributed by atoms with Crippen molar-refractivity contribution in [1.29, 1.82) is 0 Å². The number of aryl methyl sites for hydroxylation is 1. The molecule has 0 aliphatic heterocycles. The van der Waals surface area contributed by atoms with E-state index < -0.39 is 0 Å². The predicted octanol–water partition coefficient (Wildman–Crippen LogP) is 3.53. The molecule has 2 aromatic rings. The Morgan fingerprint density at radius 2 is 2.04 bits per heavy atom. The lowest BCUT2D eigenvalue weighted by Crippen LogP contribution is -2.36. The molecule has 0 amide bonds. The van der Waals surface area contributed by atoms with Crippen molar-refractivity contribution in [2.45, 2.75) is 58.1 Å². The molecule has 1 heterocycles. The molecule has 4 nitrogen and oxygen atoms in total. The molecule has 2 N–H and O–H groups in total. The average molecular weight is 314 g/mol. The van der Waals surface area contributed by atoms with Gasteiger partial charge in [-0.2, -0.15) is 0 Å². The van der Waals surface area contributed by atoms with Crippen molar-refractivity contribution < 1.29 is 4.74 Å². The molecule has 1 fully saturated rings. The third-order valence-corrected chi connectivity index (χ3v) is 4.72. The van der Waals surface area contributed by atoms with Crippen molar-refractivity contribution in [3.05, 3.63) is 40.3 Å². The fraction of sp³-hybridized carbons (Fsp3) is 0.526. The molecule has 0 spiro atoms. The van der Waals surface area contributed by atoms with Gasteiger partial charge >= 0.3 is 0 Å². The highest BCUT2D eigenvalue weighted by atomic mass is 16.5. The molecule has 4 heteroatoms. The maximum absolute atomic E-state index is 11.9. The van der Waals surface area contributed by atoms with Crippen LogP contribution in [0.15, 0.2) is 29.2 Å². The number of aromatic nitrogens is 1. The second-order valence-corrected chi connectivity index (χ2v) is 6.56. The van der Waals surface area contributed by atoms with E-state index in [0.717, 1.165) is 41.5 Å². The van der Waals surface area contributed by atoms with Crippen LogP contribution in [0.4, 0.5) is 0 Å². The molecule has 1 aliphatic rings. The summed E-state index contributed by atoms with van der Waals surface area (Å²) >= 11 is 0. The molecule has 0 atom stereocenters. The largest absolute Gasteiger partial charge is 0.490 e. The number of fused-ring (bicyclic) bond motifs is 1. The number of pyridine rings is 1. The smallest absolute Gasteiger partial charge is 0.255 e. The summed E-state index contributed by atoms with van der Waals surface area (Å²) in [5.41, 5.74) is 0.986. The van der Waals surface area contributed by atoms with Crippen LogP contribution in [0.25, 0.3) is 10.8 Å².